The van der Waals surface area contributed by atoms with Crippen molar-refractivity contribution in [2.24, 2.45) is 0 Å². The van der Waals surface area contributed by atoms with Gasteiger partial charge in [-0.3, -0.25) is 9.59 Å². The van der Waals surface area contributed by atoms with E-state index in [1.807, 2.05) is 49.9 Å². The molecule has 0 spiro atoms. The average molecular weight is 357 g/mol. The number of likely N-dealkylation sites (tertiary alicyclic amines) is 1. The Balaban J connectivity index is 1.68. The Hall–Kier alpha value is -2.21. The van der Waals surface area contributed by atoms with Crippen LogP contribution in [-0.4, -0.2) is 28.2 Å². The number of carbonyl (C=O) groups excluding carboxylic acids is 2. The molecule has 3 rings (SSSR count). The zero-order valence-corrected chi connectivity index (χ0v) is 15.7. The van der Waals surface area contributed by atoms with Gasteiger partial charge in [0.15, 0.2) is 0 Å². The number of benzene rings is 1. The highest BCUT2D eigenvalue weighted by Gasteiger charge is 2.21. The van der Waals surface area contributed by atoms with Crippen LogP contribution in [0.1, 0.15) is 57.3 Å². The maximum Gasteiger partial charge on any atom is 0.251 e. The van der Waals surface area contributed by atoms with E-state index < -0.39 is 0 Å². The number of aromatic nitrogens is 1. The predicted molar refractivity (Wildman–Crippen MR) is 98.6 cm³/mol. The van der Waals surface area contributed by atoms with Gasteiger partial charge in [0, 0.05) is 30.0 Å². The number of rotatable bonds is 5. The topological polar surface area (TPSA) is 62.3 Å². The average Bonchev–Trinajstić information content (AvgIpc) is 3.12. The molecule has 2 amide bonds. The summed E-state index contributed by atoms with van der Waals surface area (Å²) in [5, 5.41) is 4.05. The Kier molecular flexibility index (Phi) is 5.18. The summed E-state index contributed by atoms with van der Waals surface area (Å²) in [6.45, 7) is 7.29. The van der Waals surface area contributed by atoms with Crippen LogP contribution >= 0.6 is 11.3 Å². The zero-order valence-electron chi connectivity index (χ0n) is 14.8. The monoisotopic (exact) mass is 357 g/mol. The van der Waals surface area contributed by atoms with Crippen molar-refractivity contribution < 1.29 is 9.59 Å². The molecule has 1 atom stereocenters. The smallest absolute Gasteiger partial charge is 0.251 e. The molecular formula is C19H23N3O2S. The van der Waals surface area contributed by atoms with Crippen LogP contribution in [-0.2, 0) is 11.3 Å². The van der Waals surface area contributed by atoms with E-state index in [-0.39, 0.29) is 17.9 Å². The van der Waals surface area contributed by atoms with Crippen molar-refractivity contribution in [3.8, 4) is 0 Å². The standard InChI is InChI=1S/C19H23N3O2S/c1-12-18(25-14(3)20-12)13(2)21-19(24)16-7-4-6-15(10-16)11-22-9-5-8-17(22)23/h4,6-7,10,13H,5,8-9,11H2,1-3H3,(H,21,24)/t13-/m1/s1. The van der Waals surface area contributed by atoms with Crippen molar-refractivity contribution in [3.63, 3.8) is 0 Å². The number of hydrogen-bond donors (Lipinski definition) is 1. The van der Waals surface area contributed by atoms with Gasteiger partial charge in [-0.2, -0.15) is 0 Å². The van der Waals surface area contributed by atoms with Crippen molar-refractivity contribution in [2.75, 3.05) is 6.54 Å². The van der Waals surface area contributed by atoms with Crippen molar-refractivity contribution in [1.82, 2.24) is 15.2 Å². The number of thiazole rings is 1. The van der Waals surface area contributed by atoms with E-state index >= 15 is 0 Å². The maximum absolute atomic E-state index is 12.6. The third-order valence-corrected chi connectivity index (χ3v) is 5.67. The van der Waals surface area contributed by atoms with Gasteiger partial charge in [0.25, 0.3) is 5.91 Å². The minimum atomic E-state index is -0.104. The number of nitrogens with zero attached hydrogens (tertiary/aromatic N) is 2. The van der Waals surface area contributed by atoms with E-state index in [1.165, 1.54) is 0 Å². The first-order chi connectivity index (χ1) is 11.9. The van der Waals surface area contributed by atoms with Crippen LogP contribution in [0.15, 0.2) is 24.3 Å². The van der Waals surface area contributed by atoms with Gasteiger partial charge in [0.2, 0.25) is 5.91 Å². The van der Waals surface area contributed by atoms with Crippen LogP contribution in [0.3, 0.4) is 0 Å². The molecule has 6 heteroatoms. The maximum atomic E-state index is 12.6. The van der Waals surface area contributed by atoms with Crippen molar-refractivity contribution in [1.29, 1.82) is 0 Å². The van der Waals surface area contributed by atoms with Crippen molar-refractivity contribution >= 4 is 23.2 Å². The lowest BCUT2D eigenvalue weighted by atomic mass is 10.1. The molecule has 132 valence electrons. The van der Waals surface area contributed by atoms with E-state index in [2.05, 4.69) is 10.3 Å². The molecule has 1 aromatic carbocycles. The highest BCUT2D eigenvalue weighted by Crippen LogP contribution is 2.24. The van der Waals surface area contributed by atoms with E-state index in [9.17, 15) is 9.59 Å². The van der Waals surface area contributed by atoms with Gasteiger partial charge >= 0.3 is 0 Å². The Morgan fingerprint density at radius 1 is 1.40 bits per heavy atom. The number of nitrogens with one attached hydrogen (secondary N) is 1. The molecular weight excluding hydrogens is 334 g/mol. The zero-order chi connectivity index (χ0) is 18.0. The first-order valence-corrected chi connectivity index (χ1v) is 9.37. The van der Waals surface area contributed by atoms with Gasteiger partial charge in [0.1, 0.15) is 0 Å². The first kappa shape index (κ1) is 17.6. The Labute approximate surface area is 152 Å². The normalized spacial score (nSPS) is 15.5. The van der Waals surface area contributed by atoms with Crippen LogP contribution in [0.2, 0.25) is 0 Å². The van der Waals surface area contributed by atoms with Crippen LogP contribution in [0.5, 0.6) is 0 Å². The Bertz CT molecular complexity index is 800. The van der Waals surface area contributed by atoms with Crippen LogP contribution in [0.4, 0.5) is 0 Å². The fourth-order valence-corrected chi connectivity index (χ4v) is 4.13. The lowest BCUT2D eigenvalue weighted by molar-refractivity contribution is -0.128. The number of amides is 2. The lowest BCUT2D eigenvalue weighted by Crippen LogP contribution is -2.27. The predicted octanol–water partition coefficient (Wildman–Crippen LogP) is 3.37. The highest BCUT2D eigenvalue weighted by atomic mass is 32.1. The second kappa shape index (κ2) is 7.35. The molecule has 0 radical (unpaired) electrons. The van der Waals surface area contributed by atoms with Crippen LogP contribution < -0.4 is 5.32 Å². The van der Waals surface area contributed by atoms with Gasteiger partial charge in [-0.25, -0.2) is 4.98 Å². The van der Waals surface area contributed by atoms with Crippen molar-refractivity contribution in [3.05, 3.63) is 51.0 Å². The van der Waals surface area contributed by atoms with Gasteiger partial charge in [0.05, 0.1) is 16.7 Å². The minimum Gasteiger partial charge on any atom is -0.345 e. The second-order valence-electron chi connectivity index (χ2n) is 6.50. The fraction of sp³-hybridized carbons (Fsp3) is 0.421. The van der Waals surface area contributed by atoms with Gasteiger partial charge in [-0.15, -0.1) is 11.3 Å². The first-order valence-electron chi connectivity index (χ1n) is 8.55. The van der Waals surface area contributed by atoms with E-state index in [4.69, 9.17) is 0 Å². The van der Waals surface area contributed by atoms with Gasteiger partial charge in [-0.05, 0) is 44.9 Å². The van der Waals surface area contributed by atoms with Crippen molar-refractivity contribution in [2.45, 2.75) is 46.2 Å². The van der Waals surface area contributed by atoms with Crippen LogP contribution in [0, 0.1) is 13.8 Å². The molecule has 2 aromatic rings. The third-order valence-electron chi connectivity index (χ3n) is 4.41. The largest absolute Gasteiger partial charge is 0.345 e. The summed E-state index contributed by atoms with van der Waals surface area (Å²) in [5.41, 5.74) is 2.58. The summed E-state index contributed by atoms with van der Waals surface area (Å²) in [5.74, 6) is 0.0899. The summed E-state index contributed by atoms with van der Waals surface area (Å²) in [7, 11) is 0. The molecule has 0 saturated carbocycles. The molecule has 1 aliphatic rings. The SMILES string of the molecule is Cc1nc(C)c([C@@H](C)NC(=O)c2cccc(CN3CCCC3=O)c2)s1. The Morgan fingerprint density at radius 3 is 2.84 bits per heavy atom. The molecule has 0 bridgehead atoms. The molecule has 0 aliphatic carbocycles. The summed E-state index contributed by atoms with van der Waals surface area (Å²) in [6.07, 6.45) is 1.55. The number of carbonyl (C=O) groups is 2. The van der Waals surface area contributed by atoms with E-state index in [0.29, 0.717) is 18.5 Å². The lowest BCUT2D eigenvalue weighted by Gasteiger charge is -2.17. The number of hydrogen-bond acceptors (Lipinski definition) is 4. The summed E-state index contributed by atoms with van der Waals surface area (Å²) < 4.78 is 0. The van der Waals surface area contributed by atoms with E-state index in [0.717, 1.165) is 34.1 Å². The van der Waals surface area contributed by atoms with Gasteiger partial charge in [-0.1, -0.05) is 12.1 Å². The molecule has 1 saturated heterocycles. The fourth-order valence-electron chi connectivity index (χ4n) is 3.20. The molecule has 1 N–H and O–H groups in total. The molecule has 0 unspecified atom stereocenters. The number of aryl methyl sites for hydroxylation is 2. The second-order valence-corrected chi connectivity index (χ2v) is 7.73. The quantitative estimate of drug-likeness (QED) is 0.892. The highest BCUT2D eigenvalue weighted by molar-refractivity contribution is 7.11. The summed E-state index contributed by atoms with van der Waals surface area (Å²) in [4.78, 5) is 31.7. The molecule has 1 aliphatic heterocycles. The molecule has 5 nitrogen and oxygen atoms in total. The summed E-state index contributed by atoms with van der Waals surface area (Å²) >= 11 is 1.61. The molecule has 2 heterocycles. The Morgan fingerprint density at radius 2 is 2.20 bits per heavy atom. The summed E-state index contributed by atoms with van der Waals surface area (Å²) in [6, 6.07) is 7.43. The molecule has 25 heavy (non-hydrogen) atoms. The van der Waals surface area contributed by atoms with Gasteiger partial charge < -0.3 is 10.2 Å². The van der Waals surface area contributed by atoms with E-state index in [1.54, 1.807) is 11.3 Å². The minimum absolute atomic E-state index is 0.0810. The van der Waals surface area contributed by atoms with Crippen LogP contribution in [0.25, 0.3) is 0 Å². The third kappa shape index (κ3) is 4.07. The molecule has 1 fully saturated rings. The molecule has 1 aromatic heterocycles.